The number of rotatable bonds is 4. The minimum absolute atomic E-state index is 0.181. The molecule has 3 rings (SSSR count). The van der Waals surface area contributed by atoms with Crippen molar-refractivity contribution in [1.29, 1.82) is 0 Å². The Morgan fingerprint density at radius 2 is 2.22 bits per heavy atom. The Morgan fingerprint density at radius 1 is 1.39 bits per heavy atom. The number of aryl methyl sites for hydroxylation is 1. The summed E-state index contributed by atoms with van der Waals surface area (Å²) in [4.78, 5) is 16.5. The third kappa shape index (κ3) is 3.41. The molecular formula is C18H20N2O2S. The van der Waals surface area contributed by atoms with E-state index in [1.54, 1.807) is 18.3 Å². The van der Waals surface area contributed by atoms with Crippen molar-refractivity contribution < 1.29 is 9.90 Å². The SMILES string of the molecule is CSc1cc(C(=O)NCC2(O)CCCc3ccccc32)ccn1. The molecule has 120 valence electrons. The quantitative estimate of drug-likeness (QED) is 0.847. The second-order valence-electron chi connectivity index (χ2n) is 5.81. The first-order chi connectivity index (χ1) is 11.1. The molecule has 1 aliphatic carbocycles. The predicted octanol–water partition coefficient (Wildman–Crippen LogP) is 2.76. The van der Waals surface area contributed by atoms with Gasteiger partial charge in [0.1, 0.15) is 5.60 Å². The molecule has 1 aromatic carbocycles. The molecule has 0 fully saturated rings. The normalized spacial score (nSPS) is 19.9. The summed E-state index contributed by atoms with van der Waals surface area (Å²) < 4.78 is 0. The number of hydrogen-bond acceptors (Lipinski definition) is 4. The molecule has 1 heterocycles. The number of hydrogen-bond donors (Lipinski definition) is 2. The highest BCUT2D eigenvalue weighted by Crippen LogP contribution is 2.34. The van der Waals surface area contributed by atoms with Crippen LogP contribution < -0.4 is 5.32 Å². The lowest BCUT2D eigenvalue weighted by Gasteiger charge is -2.34. The summed E-state index contributed by atoms with van der Waals surface area (Å²) in [7, 11) is 0. The first-order valence-corrected chi connectivity index (χ1v) is 8.94. The van der Waals surface area contributed by atoms with Gasteiger partial charge in [-0.15, -0.1) is 11.8 Å². The summed E-state index contributed by atoms with van der Waals surface area (Å²) >= 11 is 1.50. The Bertz CT molecular complexity index is 720. The topological polar surface area (TPSA) is 62.2 Å². The summed E-state index contributed by atoms with van der Waals surface area (Å²) in [5.41, 5.74) is 1.69. The number of carbonyl (C=O) groups excluding carboxylic acids is 1. The lowest BCUT2D eigenvalue weighted by atomic mass is 9.79. The van der Waals surface area contributed by atoms with Gasteiger partial charge in [-0.25, -0.2) is 4.98 Å². The predicted molar refractivity (Wildman–Crippen MR) is 91.6 cm³/mol. The number of thioether (sulfide) groups is 1. The molecule has 0 bridgehead atoms. The number of benzene rings is 1. The van der Waals surface area contributed by atoms with Gasteiger partial charge in [0, 0.05) is 11.8 Å². The van der Waals surface area contributed by atoms with E-state index in [2.05, 4.69) is 16.4 Å². The van der Waals surface area contributed by atoms with E-state index in [9.17, 15) is 9.90 Å². The highest BCUT2D eigenvalue weighted by Gasteiger charge is 2.34. The van der Waals surface area contributed by atoms with Crippen molar-refractivity contribution in [3.63, 3.8) is 0 Å². The zero-order chi connectivity index (χ0) is 16.3. The fraction of sp³-hybridized carbons (Fsp3) is 0.333. The Labute approximate surface area is 140 Å². The molecule has 0 saturated carbocycles. The van der Waals surface area contributed by atoms with Gasteiger partial charge < -0.3 is 10.4 Å². The minimum Gasteiger partial charge on any atom is -0.383 e. The van der Waals surface area contributed by atoms with Gasteiger partial charge in [0.2, 0.25) is 0 Å². The monoisotopic (exact) mass is 328 g/mol. The van der Waals surface area contributed by atoms with Gasteiger partial charge in [-0.2, -0.15) is 0 Å². The zero-order valence-electron chi connectivity index (χ0n) is 13.1. The second kappa shape index (κ2) is 6.72. The van der Waals surface area contributed by atoms with Crippen LogP contribution in [0.15, 0.2) is 47.6 Å². The molecule has 2 aromatic rings. The Hall–Kier alpha value is -1.85. The number of nitrogens with zero attached hydrogens (tertiary/aromatic N) is 1. The Kier molecular flexibility index (Phi) is 4.68. The maximum atomic E-state index is 12.4. The Balaban J connectivity index is 1.74. The molecule has 1 amide bonds. The van der Waals surface area contributed by atoms with Gasteiger partial charge in [0.25, 0.3) is 5.91 Å². The maximum Gasteiger partial charge on any atom is 0.251 e. The van der Waals surface area contributed by atoms with Crippen molar-refractivity contribution >= 4 is 17.7 Å². The van der Waals surface area contributed by atoms with Crippen LogP contribution in [-0.4, -0.2) is 28.8 Å². The first-order valence-electron chi connectivity index (χ1n) is 7.71. The largest absolute Gasteiger partial charge is 0.383 e. The number of pyridine rings is 1. The molecule has 4 nitrogen and oxygen atoms in total. The van der Waals surface area contributed by atoms with Crippen molar-refractivity contribution in [2.24, 2.45) is 0 Å². The van der Waals surface area contributed by atoms with E-state index < -0.39 is 5.60 Å². The first kappa shape index (κ1) is 16.0. The van der Waals surface area contributed by atoms with Crippen LogP contribution in [0.2, 0.25) is 0 Å². The maximum absolute atomic E-state index is 12.4. The van der Waals surface area contributed by atoms with Crippen LogP contribution in [0.25, 0.3) is 0 Å². The summed E-state index contributed by atoms with van der Waals surface area (Å²) in [6.45, 7) is 0.222. The summed E-state index contributed by atoms with van der Waals surface area (Å²) in [5, 5.41) is 14.7. The lowest BCUT2D eigenvalue weighted by Crippen LogP contribution is -2.43. The van der Waals surface area contributed by atoms with Gasteiger partial charge in [0.05, 0.1) is 11.6 Å². The Morgan fingerprint density at radius 3 is 3.04 bits per heavy atom. The minimum atomic E-state index is -0.986. The van der Waals surface area contributed by atoms with Crippen LogP contribution in [0.1, 0.15) is 34.3 Å². The average molecular weight is 328 g/mol. The number of carbonyl (C=O) groups is 1. The molecule has 5 heteroatoms. The summed E-state index contributed by atoms with van der Waals surface area (Å²) in [6, 6.07) is 11.4. The summed E-state index contributed by atoms with van der Waals surface area (Å²) in [6.07, 6.45) is 6.12. The van der Waals surface area contributed by atoms with Gasteiger partial charge in [0.15, 0.2) is 0 Å². The standard InChI is InChI=1S/C18H20N2O2S/c1-23-16-11-14(8-10-19-16)17(21)20-12-18(22)9-4-6-13-5-2-3-7-15(13)18/h2-3,5,7-8,10-11,22H,4,6,9,12H2,1H3,(H,20,21). The number of aromatic nitrogens is 1. The zero-order valence-corrected chi connectivity index (χ0v) is 13.9. The van der Waals surface area contributed by atoms with Crippen LogP contribution in [0.4, 0.5) is 0 Å². The van der Waals surface area contributed by atoms with E-state index in [1.807, 2.05) is 24.5 Å². The molecule has 2 N–H and O–H groups in total. The van der Waals surface area contributed by atoms with Gasteiger partial charge in [-0.05, 0) is 48.8 Å². The molecule has 0 aliphatic heterocycles. The van der Waals surface area contributed by atoms with Crippen LogP contribution in [0.3, 0.4) is 0 Å². The summed E-state index contributed by atoms with van der Waals surface area (Å²) in [5.74, 6) is -0.181. The van der Waals surface area contributed by atoms with E-state index in [1.165, 1.54) is 17.3 Å². The van der Waals surface area contributed by atoms with E-state index in [-0.39, 0.29) is 12.5 Å². The van der Waals surface area contributed by atoms with Crippen molar-refractivity contribution in [1.82, 2.24) is 10.3 Å². The molecule has 0 radical (unpaired) electrons. The van der Waals surface area contributed by atoms with Crippen molar-refractivity contribution in [2.45, 2.75) is 29.9 Å². The van der Waals surface area contributed by atoms with Gasteiger partial charge >= 0.3 is 0 Å². The van der Waals surface area contributed by atoms with Crippen LogP contribution in [0, 0.1) is 0 Å². The fourth-order valence-corrected chi connectivity index (χ4v) is 3.48. The van der Waals surface area contributed by atoms with Crippen LogP contribution >= 0.6 is 11.8 Å². The van der Waals surface area contributed by atoms with E-state index >= 15 is 0 Å². The number of amides is 1. The lowest BCUT2D eigenvalue weighted by molar-refractivity contribution is 0.0189. The van der Waals surface area contributed by atoms with E-state index in [4.69, 9.17) is 0 Å². The smallest absolute Gasteiger partial charge is 0.251 e. The number of aliphatic hydroxyl groups is 1. The third-order valence-corrected chi connectivity index (χ3v) is 4.94. The molecule has 0 saturated heterocycles. The average Bonchev–Trinajstić information content (AvgIpc) is 2.60. The van der Waals surface area contributed by atoms with Crippen molar-refractivity contribution in [2.75, 3.05) is 12.8 Å². The highest BCUT2D eigenvalue weighted by atomic mass is 32.2. The van der Waals surface area contributed by atoms with Crippen molar-refractivity contribution in [3.8, 4) is 0 Å². The highest BCUT2D eigenvalue weighted by molar-refractivity contribution is 7.98. The molecule has 1 aliphatic rings. The second-order valence-corrected chi connectivity index (χ2v) is 6.64. The third-order valence-electron chi connectivity index (χ3n) is 4.30. The van der Waals surface area contributed by atoms with Crippen LogP contribution in [0.5, 0.6) is 0 Å². The molecule has 0 spiro atoms. The molecule has 1 atom stereocenters. The number of nitrogens with one attached hydrogen (secondary N) is 1. The van der Waals surface area contributed by atoms with E-state index in [0.29, 0.717) is 12.0 Å². The molecule has 1 unspecified atom stereocenters. The molecule has 23 heavy (non-hydrogen) atoms. The molecule has 1 aromatic heterocycles. The van der Waals surface area contributed by atoms with Gasteiger partial charge in [-0.1, -0.05) is 24.3 Å². The fourth-order valence-electron chi connectivity index (χ4n) is 3.07. The number of fused-ring (bicyclic) bond motifs is 1. The van der Waals surface area contributed by atoms with Crippen LogP contribution in [-0.2, 0) is 12.0 Å². The van der Waals surface area contributed by atoms with Gasteiger partial charge in [-0.3, -0.25) is 4.79 Å². The van der Waals surface area contributed by atoms with Crippen molar-refractivity contribution in [3.05, 3.63) is 59.3 Å². The van der Waals surface area contributed by atoms with E-state index in [0.717, 1.165) is 23.4 Å². The molecular weight excluding hydrogens is 308 g/mol.